The fourth-order valence-corrected chi connectivity index (χ4v) is 1.77. The van der Waals surface area contributed by atoms with Gasteiger partial charge in [0.2, 0.25) is 0 Å². The van der Waals surface area contributed by atoms with Crippen LogP contribution in [0.3, 0.4) is 0 Å². The Morgan fingerprint density at radius 1 is 1.56 bits per heavy atom. The van der Waals surface area contributed by atoms with Crippen LogP contribution in [-0.4, -0.2) is 18.3 Å². The van der Waals surface area contributed by atoms with Crippen LogP contribution in [0.4, 0.5) is 0 Å². The third kappa shape index (κ3) is 3.36. The lowest BCUT2D eigenvalue weighted by atomic mass is 10.2. The van der Waals surface area contributed by atoms with E-state index in [0.717, 1.165) is 0 Å². The molecule has 1 aromatic carbocycles. The minimum atomic E-state index is -1.17. The predicted molar refractivity (Wildman–Crippen MR) is 65.7 cm³/mol. The van der Waals surface area contributed by atoms with E-state index in [-0.39, 0.29) is 27.8 Å². The number of rotatable bonds is 5. The third-order valence-electron chi connectivity index (χ3n) is 2.02. The van der Waals surface area contributed by atoms with Crippen LogP contribution in [0, 0.1) is 11.3 Å². The molecule has 5 nitrogen and oxygen atoms in total. The van der Waals surface area contributed by atoms with Gasteiger partial charge in [0.15, 0.2) is 12.4 Å². The maximum Gasteiger partial charge on any atom is 0.259 e. The number of carbonyl (C=O) groups is 2. The molecular formula is C11H8Cl2N2O3. The molecule has 0 saturated carbocycles. The molecule has 0 fully saturated rings. The van der Waals surface area contributed by atoms with Gasteiger partial charge < -0.3 is 10.5 Å². The van der Waals surface area contributed by atoms with Crippen LogP contribution >= 0.6 is 23.2 Å². The highest BCUT2D eigenvalue weighted by molar-refractivity contribution is 6.36. The lowest BCUT2D eigenvalue weighted by molar-refractivity contribution is -0.124. The number of ether oxygens (including phenoxy) is 1. The fourth-order valence-electron chi connectivity index (χ4n) is 1.22. The molecule has 18 heavy (non-hydrogen) atoms. The Balaban J connectivity index is 3.13. The number of benzene rings is 1. The van der Waals surface area contributed by atoms with Crippen LogP contribution in [0.5, 0.6) is 5.75 Å². The molecule has 1 aromatic rings. The van der Waals surface area contributed by atoms with E-state index in [1.54, 1.807) is 6.07 Å². The number of amides is 1. The van der Waals surface area contributed by atoms with Gasteiger partial charge in [-0.15, -0.1) is 0 Å². The topological polar surface area (TPSA) is 93.2 Å². The number of aldehydes is 1. The fraction of sp³-hybridized carbons (Fsp3) is 0.182. The minimum absolute atomic E-state index is 0.0184. The third-order valence-corrected chi connectivity index (χ3v) is 2.52. The molecule has 94 valence electrons. The number of halogens is 2. The zero-order valence-electron chi connectivity index (χ0n) is 9.02. The van der Waals surface area contributed by atoms with Crippen LogP contribution in [0.1, 0.15) is 16.8 Å². The second kappa shape index (κ2) is 6.24. The van der Waals surface area contributed by atoms with E-state index in [2.05, 4.69) is 0 Å². The SMILES string of the molecule is N#CCC(Oc1c(Cl)cc(Cl)cc1C=O)C(N)=O. The van der Waals surface area contributed by atoms with Crippen molar-refractivity contribution in [2.45, 2.75) is 12.5 Å². The normalized spacial score (nSPS) is 11.4. The van der Waals surface area contributed by atoms with E-state index in [4.69, 9.17) is 38.9 Å². The molecule has 0 aliphatic carbocycles. The zero-order chi connectivity index (χ0) is 13.7. The van der Waals surface area contributed by atoms with Crippen molar-refractivity contribution in [3.8, 4) is 11.8 Å². The van der Waals surface area contributed by atoms with Crippen molar-refractivity contribution in [3.63, 3.8) is 0 Å². The van der Waals surface area contributed by atoms with Gasteiger partial charge in [-0.05, 0) is 12.1 Å². The molecular weight excluding hydrogens is 279 g/mol. The molecule has 1 atom stereocenters. The van der Waals surface area contributed by atoms with E-state index in [0.29, 0.717) is 6.29 Å². The molecule has 0 bridgehead atoms. The van der Waals surface area contributed by atoms with Crippen LogP contribution in [0.15, 0.2) is 12.1 Å². The van der Waals surface area contributed by atoms with Crippen molar-refractivity contribution in [1.82, 2.24) is 0 Å². The quantitative estimate of drug-likeness (QED) is 0.837. The van der Waals surface area contributed by atoms with E-state index < -0.39 is 12.0 Å². The highest BCUT2D eigenvalue weighted by atomic mass is 35.5. The number of nitrogens with zero attached hydrogens (tertiary/aromatic N) is 1. The first kappa shape index (κ1) is 14.3. The lowest BCUT2D eigenvalue weighted by Gasteiger charge is -2.16. The molecule has 0 heterocycles. The van der Waals surface area contributed by atoms with Gasteiger partial charge in [-0.2, -0.15) is 5.26 Å². The lowest BCUT2D eigenvalue weighted by Crippen LogP contribution is -2.33. The van der Waals surface area contributed by atoms with Crippen LogP contribution in [-0.2, 0) is 4.79 Å². The van der Waals surface area contributed by atoms with Gasteiger partial charge in [0, 0.05) is 5.02 Å². The van der Waals surface area contributed by atoms with E-state index in [9.17, 15) is 9.59 Å². The van der Waals surface area contributed by atoms with Crippen LogP contribution in [0.25, 0.3) is 0 Å². The van der Waals surface area contributed by atoms with Crippen LogP contribution in [0.2, 0.25) is 10.0 Å². The number of primary amides is 1. The van der Waals surface area contributed by atoms with Crippen molar-refractivity contribution >= 4 is 35.4 Å². The predicted octanol–water partition coefficient (Wildman–Crippen LogP) is 1.95. The number of carbonyl (C=O) groups excluding carboxylic acids is 2. The zero-order valence-corrected chi connectivity index (χ0v) is 10.5. The second-order valence-electron chi connectivity index (χ2n) is 3.29. The minimum Gasteiger partial charge on any atom is -0.477 e. The first-order chi connectivity index (χ1) is 8.49. The number of nitriles is 1. The average molecular weight is 287 g/mol. The molecule has 0 saturated heterocycles. The Morgan fingerprint density at radius 2 is 2.22 bits per heavy atom. The Kier molecular flexibility index (Phi) is 4.95. The average Bonchev–Trinajstić information content (AvgIpc) is 2.30. The summed E-state index contributed by atoms with van der Waals surface area (Å²) in [5, 5.41) is 8.86. The summed E-state index contributed by atoms with van der Waals surface area (Å²) < 4.78 is 5.21. The first-order valence-corrected chi connectivity index (χ1v) is 5.52. The monoisotopic (exact) mass is 286 g/mol. The molecule has 0 aliphatic rings. The summed E-state index contributed by atoms with van der Waals surface area (Å²) in [5.41, 5.74) is 5.15. The Hall–Kier alpha value is -1.77. The van der Waals surface area contributed by atoms with Gasteiger partial charge in [-0.1, -0.05) is 23.2 Å². The summed E-state index contributed by atoms with van der Waals surface area (Å²) in [7, 11) is 0. The molecule has 0 aromatic heterocycles. The molecule has 1 rings (SSSR count). The van der Waals surface area contributed by atoms with E-state index in [1.165, 1.54) is 12.1 Å². The summed E-state index contributed by atoms with van der Waals surface area (Å²) >= 11 is 11.6. The molecule has 1 unspecified atom stereocenters. The molecule has 0 spiro atoms. The number of hydrogen-bond acceptors (Lipinski definition) is 4. The van der Waals surface area contributed by atoms with E-state index >= 15 is 0 Å². The highest BCUT2D eigenvalue weighted by Gasteiger charge is 2.20. The first-order valence-electron chi connectivity index (χ1n) is 4.76. The Labute approximate surface area is 113 Å². The summed E-state index contributed by atoms with van der Waals surface area (Å²) in [6, 6.07) is 4.44. The Morgan fingerprint density at radius 3 is 2.72 bits per heavy atom. The van der Waals surface area contributed by atoms with Gasteiger partial charge in [-0.3, -0.25) is 9.59 Å². The summed E-state index contributed by atoms with van der Waals surface area (Å²) in [6.07, 6.45) is -0.934. The molecule has 0 aliphatic heterocycles. The smallest absolute Gasteiger partial charge is 0.259 e. The van der Waals surface area contributed by atoms with Crippen molar-refractivity contribution in [2.75, 3.05) is 0 Å². The molecule has 1 amide bonds. The summed E-state index contributed by atoms with van der Waals surface area (Å²) in [6.45, 7) is 0. The maximum atomic E-state index is 11.1. The molecule has 2 N–H and O–H groups in total. The van der Waals surface area contributed by atoms with E-state index in [1.807, 2.05) is 0 Å². The largest absolute Gasteiger partial charge is 0.477 e. The van der Waals surface area contributed by atoms with Crippen molar-refractivity contribution in [3.05, 3.63) is 27.7 Å². The second-order valence-corrected chi connectivity index (χ2v) is 4.14. The highest BCUT2D eigenvalue weighted by Crippen LogP contribution is 2.32. The van der Waals surface area contributed by atoms with Gasteiger partial charge in [0.1, 0.15) is 5.75 Å². The molecule has 0 radical (unpaired) electrons. The summed E-state index contributed by atoms with van der Waals surface area (Å²) in [5.74, 6) is -0.838. The number of nitrogens with two attached hydrogens (primary N) is 1. The van der Waals surface area contributed by atoms with Crippen molar-refractivity contribution < 1.29 is 14.3 Å². The molecule has 7 heteroatoms. The van der Waals surface area contributed by atoms with Gasteiger partial charge in [0.25, 0.3) is 5.91 Å². The number of hydrogen-bond donors (Lipinski definition) is 1. The van der Waals surface area contributed by atoms with Gasteiger partial charge in [-0.25, -0.2) is 0 Å². The van der Waals surface area contributed by atoms with Crippen molar-refractivity contribution in [1.29, 1.82) is 5.26 Å². The van der Waals surface area contributed by atoms with Gasteiger partial charge >= 0.3 is 0 Å². The maximum absolute atomic E-state index is 11.1. The summed E-state index contributed by atoms with van der Waals surface area (Å²) in [4.78, 5) is 21.9. The standard InChI is InChI=1S/C11H8Cl2N2O3/c12-7-3-6(5-16)10(8(13)4-7)18-9(1-2-14)11(15)17/h3-5,9H,1H2,(H2,15,17). The van der Waals surface area contributed by atoms with Crippen LogP contribution < -0.4 is 10.5 Å². The van der Waals surface area contributed by atoms with Crippen molar-refractivity contribution in [2.24, 2.45) is 5.73 Å². The Bertz CT molecular complexity index is 526. The van der Waals surface area contributed by atoms with Gasteiger partial charge in [0.05, 0.1) is 23.1 Å².